The topological polar surface area (TPSA) is 97.6 Å². The number of anilines is 1. The van der Waals surface area contributed by atoms with Crippen molar-refractivity contribution in [2.75, 3.05) is 18.4 Å². The Hall–Kier alpha value is -2.06. The predicted octanol–water partition coefficient (Wildman–Crippen LogP) is 2.10. The molecule has 0 spiro atoms. The minimum absolute atomic E-state index is 0.102. The van der Waals surface area contributed by atoms with Crippen LogP contribution in [0.4, 0.5) is 5.95 Å². The van der Waals surface area contributed by atoms with Gasteiger partial charge in [0.05, 0.1) is 11.2 Å². The van der Waals surface area contributed by atoms with Crippen LogP contribution in [-0.2, 0) is 7.05 Å². The number of aryl methyl sites for hydroxylation is 1. The Morgan fingerprint density at radius 1 is 1.36 bits per heavy atom. The quantitative estimate of drug-likeness (QED) is 0.863. The van der Waals surface area contributed by atoms with Gasteiger partial charge in [0.15, 0.2) is 11.5 Å². The van der Waals surface area contributed by atoms with E-state index in [-0.39, 0.29) is 16.6 Å². The molecule has 2 N–H and O–H groups in total. The van der Waals surface area contributed by atoms with Gasteiger partial charge < -0.3 is 5.32 Å². The van der Waals surface area contributed by atoms with Crippen LogP contribution in [0.1, 0.15) is 60.7 Å². The first-order chi connectivity index (χ1) is 12.0. The minimum Gasteiger partial charge on any atom is -0.317 e. The summed E-state index contributed by atoms with van der Waals surface area (Å²) in [5.74, 6) is 1.72. The van der Waals surface area contributed by atoms with Gasteiger partial charge in [0, 0.05) is 18.9 Å². The maximum absolute atomic E-state index is 12.6. The van der Waals surface area contributed by atoms with Gasteiger partial charge in [-0.1, -0.05) is 25.4 Å². The third-order valence-corrected chi connectivity index (χ3v) is 4.48. The fourth-order valence-electron chi connectivity index (χ4n) is 2.75. The third kappa shape index (κ3) is 3.96. The summed E-state index contributed by atoms with van der Waals surface area (Å²) in [4.78, 5) is 25.5. The molecule has 3 rings (SSSR count). The second-order valence-corrected chi connectivity index (χ2v) is 6.88. The van der Waals surface area contributed by atoms with Crippen molar-refractivity contribution in [2.45, 2.75) is 38.5 Å². The monoisotopic (exact) mass is 363 g/mol. The zero-order valence-electron chi connectivity index (χ0n) is 14.6. The number of rotatable bonds is 4. The molecule has 0 aliphatic carbocycles. The van der Waals surface area contributed by atoms with Crippen LogP contribution in [0.25, 0.3) is 0 Å². The second-order valence-electron chi connectivity index (χ2n) is 6.48. The Morgan fingerprint density at radius 2 is 2.08 bits per heavy atom. The van der Waals surface area contributed by atoms with E-state index >= 15 is 0 Å². The number of carbonyl (C=O) groups is 1. The largest absolute Gasteiger partial charge is 0.317 e. The Labute approximate surface area is 151 Å². The first kappa shape index (κ1) is 17.8. The summed E-state index contributed by atoms with van der Waals surface area (Å²) < 4.78 is 1.58. The number of hydrogen-bond donors (Lipinski definition) is 2. The molecule has 25 heavy (non-hydrogen) atoms. The van der Waals surface area contributed by atoms with Crippen LogP contribution in [-0.4, -0.2) is 43.7 Å². The van der Waals surface area contributed by atoms with Crippen LogP contribution in [0.5, 0.6) is 0 Å². The zero-order valence-corrected chi connectivity index (χ0v) is 15.3. The number of aromatic nitrogens is 5. The lowest BCUT2D eigenvalue weighted by atomic mass is 9.98. The second kappa shape index (κ2) is 7.45. The van der Waals surface area contributed by atoms with E-state index in [1.54, 1.807) is 11.7 Å². The molecule has 1 aliphatic rings. The molecule has 2 aromatic heterocycles. The molecular formula is C16H22ClN7O. The van der Waals surface area contributed by atoms with E-state index in [0.29, 0.717) is 17.7 Å². The van der Waals surface area contributed by atoms with Crippen LogP contribution in [0.2, 0.25) is 5.02 Å². The van der Waals surface area contributed by atoms with E-state index in [1.807, 2.05) is 13.8 Å². The SMILES string of the molecule is CC(C)c1ncc(Cl)c(C(=O)Nc2nc(C3CCNCC3)nn2C)n1. The first-order valence-electron chi connectivity index (χ1n) is 8.41. The molecule has 0 unspecified atom stereocenters. The Bertz CT molecular complexity index is 768. The van der Waals surface area contributed by atoms with Crippen molar-refractivity contribution < 1.29 is 4.79 Å². The highest BCUT2D eigenvalue weighted by Gasteiger charge is 2.22. The Morgan fingerprint density at radius 3 is 2.76 bits per heavy atom. The van der Waals surface area contributed by atoms with Crippen LogP contribution >= 0.6 is 11.6 Å². The summed E-state index contributed by atoms with van der Waals surface area (Å²) in [7, 11) is 1.76. The molecule has 0 radical (unpaired) electrons. The van der Waals surface area contributed by atoms with Gasteiger partial charge in [-0.15, -0.1) is 0 Å². The molecular weight excluding hydrogens is 342 g/mol. The average Bonchev–Trinajstić information content (AvgIpc) is 2.96. The van der Waals surface area contributed by atoms with Crippen molar-refractivity contribution >= 4 is 23.5 Å². The number of nitrogens with one attached hydrogen (secondary N) is 2. The van der Waals surface area contributed by atoms with E-state index in [4.69, 9.17) is 11.6 Å². The van der Waals surface area contributed by atoms with Crippen molar-refractivity contribution in [3.8, 4) is 0 Å². The molecule has 8 nitrogen and oxygen atoms in total. The summed E-state index contributed by atoms with van der Waals surface area (Å²) in [6.07, 6.45) is 3.44. The van der Waals surface area contributed by atoms with Gasteiger partial charge in [0.1, 0.15) is 5.82 Å². The van der Waals surface area contributed by atoms with E-state index in [9.17, 15) is 4.79 Å². The van der Waals surface area contributed by atoms with Crippen molar-refractivity contribution in [1.82, 2.24) is 30.0 Å². The van der Waals surface area contributed by atoms with Gasteiger partial charge in [-0.25, -0.2) is 14.6 Å². The lowest BCUT2D eigenvalue weighted by molar-refractivity contribution is 0.102. The number of nitrogens with zero attached hydrogens (tertiary/aromatic N) is 5. The Kier molecular flexibility index (Phi) is 5.29. The van der Waals surface area contributed by atoms with E-state index in [1.165, 1.54) is 6.20 Å². The molecule has 0 atom stereocenters. The molecule has 9 heteroatoms. The Balaban J connectivity index is 1.79. The minimum atomic E-state index is -0.415. The molecule has 1 amide bonds. The molecule has 3 heterocycles. The van der Waals surface area contributed by atoms with Gasteiger partial charge >= 0.3 is 0 Å². The van der Waals surface area contributed by atoms with Crippen LogP contribution < -0.4 is 10.6 Å². The summed E-state index contributed by atoms with van der Waals surface area (Å²) >= 11 is 6.09. The average molecular weight is 364 g/mol. The first-order valence-corrected chi connectivity index (χ1v) is 8.79. The lowest BCUT2D eigenvalue weighted by Crippen LogP contribution is -2.27. The molecule has 1 saturated heterocycles. The summed E-state index contributed by atoms with van der Waals surface area (Å²) in [5, 5.41) is 10.7. The van der Waals surface area contributed by atoms with Crippen molar-refractivity contribution in [3.63, 3.8) is 0 Å². The molecule has 0 aromatic carbocycles. The van der Waals surface area contributed by atoms with E-state index in [0.717, 1.165) is 31.8 Å². The lowest BCUT2D eigenvalue weighted by Gasteiger charge is -2.19. The van der Waals surface area contributed by atoms with Crippen molar-refractivity contribution in [1.29, 1.82) is 0 Å². The smallest absolute Gasteiger partial charge is 0.278 e. The molecule has 2 aromatic rings. The van der Waals surface area contributed by atoms with Gasteiger partial charge in [-0.05, 0) is 25.9 Å². The van der Waals surface area contributed by atoms with Gasteiger partial charge in [-0.3, -0.25) is 10.1 Å². The van der Waals surface area contributed by atoms with E-state index < -0.39 is 5.91 Å². The van der Waals surface area contributed by atoms with Gasteiger partial charge in [-0.2, -0.15) is 10.1 Å². The molecule has 0 saturated carbocycles. The fourth-order valence-corrected chi connectivity index (χ4v) is 2.92. The van der Waals surface area contributed by atoms with Crippen LogP contribution in [0.15, 0.2) is 6.20 Å². The van der Waals surface area contributed by atoms with Gasteiger partial charge in [0.2, 0.25) is 5.95 Å². The number of piperidine rings is 1. The highest BCUT2D eigenvalue weighted by molar-refractivity contribution is 6.33. The number of amides is 1. The summed E-state index contributed by atoms with van der Waals surface area (Å²) in [6.45, 7) is 5.83. The molecule has 1 aliphatic heterocycles. The van der Waals surface area contributed by atoms with Crippen LogP contribution in [0.3, 0.4) is 0 Å². The predicted molar refractivity (Wildman–Crippen MR) is 94.9 cm³/mol. The zero-order chi connectivity index (χ0) is 18.0. The van der Waals surface area contributed by atoms with E-state index in [2.05, 4.69) is 30.7 Å². The highest BCUT2D eigenvalue weighted by Crippen LogP contribution is 2.24. The third-order valence-electron chi connectivity index (χ3n) is 4.20. The number of carbonyl (C=O) groups excluding carboxylic acids is 1. The molecule has 134 valence electrons. The van der Waals surface area contributed by atoms with Crippen molar-refractivity contribution in [2.24, 2.45) is 7.05 Å². The molecule has 1 fully saturated rings. The van der Waals surface area contributed by atoms with Crippen molar-refractivity contribution in [3.05, 3.63) is 28.6 Å². The summed E-state index contributed by atoms with van der Waals surface area (Å²) in [5.41, 5.74) is 0.145. The standard InChI is InChI=1S/C16H22ClN7O/c1-9(2)13-19-8-11(17)12(20-13)15(25)22-16-21-14(23-24(16)3)10-4-6-18-7-5-10/h8-10,18H,4-7H2,1-3H3,(H,21,22,23,25). The van der Waals surface area contributed by atoms with Crippen LogP contribution in [0, 0.1) is 0 Å². The fraction of sp³-hybridized carbons (Fsp3) is 0.562. The van der Waals surface area contributed by atoms with Gasteiger partial charge in [0.25, 0.3) is 5.91 Å². The molecule has 0 bridgehead atoms. The number of hydrogen-bond acceptors (Lipinski definition) is 6. The summed E-state index contributed by atoms with van der Waals surface area (Å²) in [6, 6.07) is 0. The normalized spacial score (nSPS) is 15.6. The maximum Gasteiger partial charge on any atom is 0.278 e. The highest BCUT2D eigenvalue weighted by atomic mass is 35.5. The maximum atomic E-state index is 12.6. The number of halogens is 1.